The molecule has 1 rings (SSSR count). The fraction of sp³-hybridized carbons (Fsp3) is 0.364. The van der Waals surface area contributed by atoms with Gasteiger partial charge in [-0.3, -0.25) is 4.79 Å². The van der Waals surface area contributed by atoms with Crippen LogP contribution in [-0.4, -0.2) is 19.1 Å². The fourth-order valence-electron chi connectivity index (χ4n) is 1.32. The van der Waals surface area contributed by atoms with E-state index in [0.717, 1.165) is 5.56 Å². The van der Waals surface area contributed by atoms with Crippen LogP contribution in [0.4, 0.5) is 0 Å². The molecule has 1 aromatic carbocycles. The predicted octanol–water partition coefficient (Wildman–Crippen LogP) is 1.77. The zero-order chi connectivity index (χ0) is 11.3. The van der Waals surface area contributed by atoms with Gasteiger partial charge >= 0.3 is 5.97 Å². The third-order valence-electron chi connectivity index (χ3n) is 2.10. The average molecular weight is 228 g/mol. The van der Waals surface area contributed by atoms with E-state index in [0.29, 0.717) is 11.4 Å². The van der Waals surface area contributed by atoms with Crippen LogP contribution in [0.15, 0.2) is 24.3 Å². The van der Waals surface area contributed by atoms with E-state index in [9.17, 15) is 4.79 Å². The van der Waals surface area contributed by atoms with E-state index in [4.69, 9.17) is 17.3 Å². The van der Waals surface area contributed by atoms with Crippen molar-refractivity contribution in [2.24, 2.45) is 5.73 Å². The lowest BCUT2D eigenvalue weighted by Gasteiger charge is -2.11. The van der Waals surface area contributed by atoms with Crippen molar-refractivity contribution in [3.05, 3.63) is 34.9 Å². The topological polar surface area (TPSA) is 52.3 Å². The number of benzene rings is 1. The van der Waals surface area contributed by atoms with Crippen molar-refractivity contribution in [3.63, 3.8) is 0 Å². The van der Waals surface area contributed by atoms with Crippen LogP contribution in [0, 0.1) is 0 Å². The molecule has 0 aromatic heterocycles. The zero-order valence-electron chi connectivity index (χ0n) is 8.57. The van der Waals surface area contributed by atoms with Gasteiger partial charge < -0.3 is 10.5 Å². The molecule has 0 unspecified atom stereocenters. The van der Waals surface area contributed by atoms with Gasteiger partial charge in [0.2, 0.25) is 0 Å². The van der Waals surface area contributed by atoms with Crippen molar-refractivity contribution in [1.29, 1.82) is 0 Å². The van der Waals surface area contributed by atoms with Crippen LogP contribution in [0.25, 0.3) is 0 Å². The third kappa shape index (κ3) is 3.90. The van der Waals surface area contributed by atoms with Gasteiger partial charge in [0.15, 0.2) is 0 Å². The number of carbonyl (C=O) groups excluding carboxylic acids is 1. The van der Waals surface area contributed by atoms with Gasteiger partial charge in [-0.2, -0.15) is 0 Å². The van der Waals surface area contributed by atoms with Crippen LogP contribution < -0.4 is 5.73 Å². The minimum Gasteiger partial charge on any atom is -0.469 e. The Kier molecular flexibility index (Phi) is 4.59. The minimum absolute atomic E-state index is 0.210. The molecule has 0 aliphatic heterocycles. The number of rotatable bonds is 4. The Labute approximate surface area is 94.2 Å². The summed E-state index contributed by atoms with van der Waals surface area (Å²) in [7, 11) is 1.35. The van der Waals surface area contributed by atoms with Crippen molar-refractivity contribution in [2.75, 3.05) is 7.11 Å². The molecule has 1 aromatic rings. The average Bonchev–Trinajstić information content (AvgIpc) is 2.21. The van der Waals surface area contributed by atoms with Crippen LogP contribution in [0.5, 0.6) is 0 Å². The molecule has 15 heavy (non-hydrogen) atoms. The maximum absolute atomic E-state index is 11.0. The van der Waals surface area contributed by atoms with E-state index in [1.54, 1.807) is 0 Å². The zero-order valence-corrected chi connectivity index (χ0v) is 9.33. The first-order valence-corrected chi connectivity index (χ1v) is 5.07. The molecule has 0 saturated carbocycles. The maximum atomic E-state index is 11.0. The molecule has 0 saturated heterocycles. The first kappa shape index (κ1) is 12.0. The summed E-state index contributed by atoms with van der Waals surface area (Å²) in [5.74, 6) is -0.297. The van der Waals surface area contributed by atoms with Gasteiger partial charge in [-0.1, -0.05) is 29.8 Å². The standard InChI is InChI=1S/C11H14ClNO2/c1-15-11(14)7-9(13)6-8-4-2-3-5-10(8)12/h2-5,9H,6-7,13H2,1H3/t9-/m1/s1. The van der Waals surface area contributed by atoms with Gasteiger partial charge in [-0.15, -0.1) is 0 Å². The Balaban J connectivity index is 2.55. The SMILES string of the molecule is COC(=O)C[C@H](N)Cc1ccccc1Cl. The first-order chi connectivity index (χ1) is 7.13. The van der Waals surface area contributed by atoms with Gasteiger partial charge in [-0.05, 0) is 18.1 Å². The number of methoxy groups -OCH3 is 1. The van der Waals surface area contributed by atoms with Crippen molar-refractivity contribution >= 4 is 17.6 Å². The lowest BCUT2D eigenvalue weighted by atomic mass is 10.0. The lowest BCUT2D eigenvalue weighted by molar-refractivity contribution is -0.140. The van der Waals surface area contributed by atoms with E-state index < -0.39 is 0 Å². The molecule has 0 fully saturated rings. The van der Waals surface area contributed by atoms with E-state index >= 15 is 0 Å². The van der Waals surface area contributed by atoms with Gasteiger partial charge in [0.05, 0.1) is 13.5 Å². The molecule has 0 aliphatic rings. The van der Waals surface area contributed by atoms with Crippen LogP contribution in [0.2, 0.25) is 5.02 Å². The summed E-state index contributed by atoms with van der Waals surface area (Å²) in [6, 6.07) is 7.21. The monoisotopic (exact) mass is 227 g/mol. The Bertz CT molecular complexity index is 341. The number of carbonyl (C=O) groups is 1. The summed E-state index contributed by atoms with van der Waals surface area (Å²) in [5.41, 5.74) is 6.75. The smallest absolute Gasteiger partial charge is 0.307 e. The Morgan fingerprint density at radius 1 is 1.53 bits per heavy atom. The minimum atomic E-state index is -0.297. The Morgan fingerprint density at radius 3 is 2.80 bits per heavy atom. The van der Waals surface area contributed by atoms with Gasteiger partial charge in [0.25, 0.3) is 0 Å². The molecular formula is C11H14ClNO2. The normalized spacial score (nSPS) is 12.2. The predicted molar refractivity (Wildman–Crippen MR) is 59.8 cm³/mol. The third-order valence-corrected chi connectivity index (χ3v) is 2.47. The van der Waals surface area contributed by atoms with E-state index in [1.165, 1.54) is 7.11 Å². The molecule has 0 spiro atoms. The second-order valence-corrected chi connectivity index (χ2v) is 3.74. The summed E-state index contributed by atoms with van der Waals surface area (Å²) < 4.78 is 4.54. The maximum Gasteiger partial charge on any atom is 0.307 e. The van der Waals surface area contributed by atoms with Crippen molar-refractivity contribution in [1.82, 2.24) is 0 Å². The number of ether oxygens (including phenoxy) is 1. The van der Waals surface area contributed by atoms with Crippen molar-refractivity contribution in [2.45, 2.75) is 18.9 Å². The number of halogens is 1. The van der Waals surface area contributed by atoms with Crippen molar-refractivity contribution in [3.8, 4) is 0 Å². The highest BCUT2D eigenvalue weighted by atomic mass is 35.5. The van der Waals surface area contributed by atoms with E-state index in [1.807, 2.05) is 24.3 Å². The Morgan fingerprint density at radius 2 is 2.20 bits per heavy atom. The summed E-state index contributed by atoms with van der Waals surface area (Å²) in [6.07, 6.45) is 0.788. The number of nitrogens with two attached hydrogens (primary N) is 1. The van der Waals surface area contributed by atoms with Gasteiger partial charge in [-0.25, -0.2) is 0 Å². The van der Waals surface area contributed by atoms with Crippen LogP contribution >= 0.6 is 11.6 Å². The van der Waals surface area contributed by atoms with Crippen LogP contribution in [0.3, 0.4) is 0 Å². The molecule has 1 atom stereocenters. The molecule has 0 aliphatic carbocycles. The molecule has 0 amide bonds. The number of esters is 1. The lowest BCUT2D eigenvalue weighted by Crippen LogP contribution is -2.26. The summed E-state index contributed by atoms with van der Waals surface area (Å²) in [5, 5.41) is 0.679. The first-order valence-electron chi connectivity index (χ1n) is 4.69. The molecule has 3 nitrogen and oxygen atoms in total. The molecular weight excluding hydrogens is 214 g/mol. The Hall–Kier alpha value is -1.06. The number of hydrogen-bond donors (Lipinski definition) is 1. The highest BCUT2D eigenvalue weighted by molar-refractivity contribution is 6.31. The molecule has 4 heteroatoms. The van der Waals surface area contributed by atoms with Gasteiger partial charge in [0.1, 0.15) is 0 Å². The van der Waals surface area contributed by atoms with Crippen LogP contribution in [-0.2, 0) is 16.0 Å². The van der Waals surface area contributed by atoms with E-state index in [-0.39, 0.29) is 18.4 Å². The fourth-order valence-corrected chi connectivity index (χ4v) is 1.53. The molecule has 82 valence electrons. The summed E-state index contributed by atoms with van der Waals surface area (Å²) in [6.45, 7) is 0. The molecule has 0 radical (unpaired) electrons. The van der Waals surface area contributed by atoms with E-state index in [2.05, 4.69) is 4.74 Å². The second-order valence-electron chi connectivity index (χ2n) is 3.34. The largest absolute Gasteiger partial charge is 0.469 e. The van der Waals surface area contributed by atoms with Gasteiger partial charge in [0, 0.05) is 11.1 Å². The highest BCUT2D eigenvalue weighted by Crippen LogP contribution is 2.16. The summed E-state index contributed by atoms with van der Waals surface area (Å²) in [4.78, 5) is 11.0. The second kappa shape index (κ2) is 5.73. The molecule has 0 heterocycles. The number of hydrogen-bond acceptors (Lipinski definition) is 3. The van der Waals surface area contributed by atoms with Crippen LogP contribution in [0.1, 0.15) is 12.0 Å². The van der Waals surface area contributed by atoms with Crippen molar-refractivity contribution < 1.29 is 9.53 Å². The quantitative estimate of drug-likeness (QED) is 0.798. The molecule has 0 bridgehead atoms. The highest BCUT2D eigenvalue weighted by Gasteiger charge is 2.11. The summed E-state index contributed by atoms with van der Waals surface area (Å²) >= 11 is 5.97. The molecule has 2 N–H and O–H groups in total.